The number of rotatable bonds is 0. The van der Waals surface area contributed by atoms with Crippen LogP contribution in [0.1, 0.15) is 54.1 Å². The fraction of sp³-hybridized carbons (Fsp3) is 0.615. The van der Waals surface area contributed by atoms with Gasteiger partial charge >= 0.3 is 0 Å². The van der Waals surface area contributed by atoms with Crippen LogP contribution in [-0.4, -0.2) is 9.38 Å². The molecule has 0 radical (unpaired) electrons. The molecule has 0 saturated carbocycles. The fourth-order valence-electron chi connectivity index (χ4n) is 3.24. The molecule has 0 saturated heterocycles. The lowest BCUT2D eigenvalue weighted by atomic mass is 10.0. The summed E-state index contributed by atoms with van der Waals surface area (Å²) in [5.41, 5.74) is 4.51. The summed E-state index contributed by atoms with van der Waals surface area (Å²) in [6.45, 7) is 2.31. The van der Waals surface area contributed by atoms with Crippen LogP contribution >= 0.6 is 11.3 Å². The zero-order chi connectivity index (χ0) is 10.7. The second-order valence-electron chi connectivity index (χ2n) is 5.18. The summed E-state index contributed by atoms with van der Waals surface area (Å²) < 4.78 is 2.50. The van der Waals surface area contributed by atoms with E-state index in [1.54, 1.807) is 10.6 Å². The average molecular weight is 232 g/mol. The highest BCUT2D eigenvalue weighted by atomic mass is 32.1. The molecule has 0 bridgehead atoms. The van der Waals surface area contributed by atoms with Crippen molar-refractivity contribution in [2.45, 2.75) is 51.4 Å². The lowest BCUT2D eigenvalue weighted by molar-refractivity contribution is 0.668. The minimum atomic E-state index is 0.682. The van der Waals surface area contributed by atoms with Crippen molar-refractivity contribution in [1.82, 2.24) is 9.38 Å². The van der Waals surface area contributed by atoms with E-state index < -0.39 is 0 Å². The molecule has 2 aliphatic carbocycles. The van der Waals surface area contributed by atoms with Crippen molar-refractivity contribution in [2.24, 2.45) is 0 Å². The van der Waals surface area contributed by atoms with E-state index in [2.05, 4.69) is 11.3 Å². The van der Waals surface area contributed by atoms with Crippen molar-refractivity contribution in [3.63, 3.8) is 0 Å². The first-order valence-corrected chi connectivity index (χ1v) is 7.18. The van der Waals surface area contributed by atoms with Crippen molar-refractivity contribution in [1.29, 1.82) is 0 Å². The van der Waals surface area contributed by atoms with E-state index in [9.17, 15) is 0 Å². The molecule has 1 atom stereocenters. The number of fused-ring (bicyclic) bond motifs is 5. The molecule has 1 unspecified atom stereocenters. The van der Waals surface area contributed by atoms with E-state index in [4.69, 9.17) is 4.98 Å². The maximum Gasteiger partial charge on any atom is 0.194 e. The summed E-state index contributed by atoms with van der Waals surface area (Å²) in [5.74, 6) is 0.682. The van der Waals surface area contributed by atoms with Crippen molar-refractivity contribution >= 4 is 16.3 Å². The van der Waals surface area contributed by atoms with Gasteiger partial charge in [-0.15, -0.1) is 11.3 Å². The Morgan fingerprint density at radius 1 is 1.19 bits per heavy atom. The highest BCUT2D eigenvalue weighted by molar-refractivity contribution is 7.17. The number of imidazole rings is 1. The Kier molecular flexibility index (Phi) is 1.79. The van der Waals surface area contributed by atoms with E-state index in [1.807, 2.05) is 11.3 Å². The van der Waals surface area contributed by atoms with Crippen LogP contribution in [0.25, 0.3) is 4.96 Å². The quantitative estimate of drug-likeness (QED) is 0.681. The minimum Gasteiger partial charge on any atom is -0.291 e. The molecule has 84 valence electrons. The van der Waals surface area contributed by atoms with Crippen LogP contribution < -0.4 is 0 Å². The molecule has 2 nitrogen and oxygen atoms in total. The van der Waals surface area contributed by atoms with Crippen LogP contribution in [0.3, 0.4) is 0 Å². The monoisotopic (exact) mass is 232 g/mol. The first-order valence-electron chi connectivity index (χ1n) is 6.36. The van der Waals surface area contributed by atoms with Crippen LogP contribution in [0.4, 0.5) is 0 Å². The maximum atomic E-state index is 4.86. The third-order valence-corrected chi connectivity index (χ3v) is 5.27. The highest BCUT2D eigenvalue weighted by Crippen LogP contribution is 2.38. The molecule has 2 aliphatic rings. The summed E-state index contributed by atoms with van der Waals surface area (Å²) in [6.07, 6.45) is 7.82. The Labute approximate surface area is 99.3 Å². The van der Waals surface area contributed by atoms with Crippen molar-refractivity contribution < 1.29 is 0 Å². The first-order chi connectivity index (χ1) is 7.84. The van der Waals surface area contributed by atoms with Gasteiger partial charge in [0.25, 0.3) is 0 Å². The van der Waals surface area contributed by atoms with Gasteiger partial charge in [0.15, 0.2) is 4.96 Å². The molecule has 0 N–H and O–H groups in total. The largest absolute Gasteiger partial charge is 0.291 e. The van der Waals surface area contributed by atoms with E-state index in [0.717, 1.165) is 0 Å². The minimum absolute atomic E-state index is 0.682. The zero-order valence-corrected chi connectivity index (χ0v) is 10.4. The van der Waals surface area contributed by atoms with Gasteiger partial charge < -0.3 is 0 Å². The standard InChI is InChI=1S/C13H16N2S/c1-8-6-7-10-12(8)14-13-15(10)9-4-2-3-5-11(9)16-13/h8H,2-7H2,1H3. The van der Waals surface area contributed by atoms with Crippen molar-refractivity contribution in [2.75, 3.05) is 0 Å². The van der Waals surface area contributed by atoms with Gasteiger partial charge in [-0.2, -0.15) is 0 Å². The van der Waals surface area contributed by atoms with Crippen LogP contribution in [0.2, 0.25) is 0 Å². The molecular weight excluding hydrogens is 216 g/mol. The first kappa shape index (κ1) is 9.23. The van der Waals surface area contributed by atoms with Gasteiger partial charge in [-0.3, -0.25) is 4.40 Å². The van der Waals surface area contributed by atoms with Crippen molar-refractivity contribution in [3.05, 3.63) is 22.0 Å². The highest BCUT2D eigenvalue weighted by Gasteiger charge is 2.28. The third-order valence-electron chi connectivity index (χ3n) is 4.13. The number of nitrogens with zero attached hydrogens (tertiary/aromatic N) is 2. The third kappa shape index (κ3) is 1.05. The molecule has 2 aromatic heterocycles. The molecule has 3 heteroatoms. The Balaban J connectivity index is 2.03. The molecule has 2 aromatic rings. The Hall–Kier alpha value is -0.830. The van der Waals surface area contributed by atoms with Gasteiger partial charge in [-0.05, 0) is 38.5 Å². The molecular formula is C13H16N2S. The second kappa shape index (κ2) is 3.10. The molecule has 0 aromatic carbocycles. The molecule has 0 aliphatic heterocycles. The Bertz CT molecular complexity index is 559. The van der Waals surface area contributed by atoms with Crippen LogP contribution in [0.5, 0.6) is 0 Å². The molecule has 0 spiro atoms. The molecule has 0 amide bonds. The molecule has 4 rings (SSSR count). The van der Waals surface area contributed by atoms with Crippen LogP contribution in [-0.2, 0) is 19.3 Å². The average Bonchev–Trinajstić information content (AvgIpc) is 2.89. The van der Waals surface area contributed by atoms with Gasteiger partial charge in [-0.1, -0.05) is 6.92 Å². The number of hydrogen-bond acceptors (Lipinski definition) is 2. The topological polar surface area (TPSA) is 17.3 Å². The Morgan fingerprint density at radius 2 is 2.06 bits per heavy atom. The molecule has 16 heavy (non-hydrogen) atoms. The van der Waals surface area contributed by atoms with Crippen LogP contribution in [0, 0.1) is 0 Å². The van der Waals surface area contributed by atoms with Gasteiger partial charge in [0.1, 0.15) is 0 Å². The summed E-state index contributed by atoms with van der Waals surface area (Å²) in [5, 5.41) is 0. The SMILES string of the molecule is CC1CCc2c1nc1sc3c(n21)CCCC3. The fourth-order valence-corrected chi connectivity index (χ4v) is 4.47. The molecule has 0 fully saturated rings. The van der Waals surface area contributed by atoms with E-state index in [1.165, 1.54) is 54.9 Å². The lowest BCUT2D eigenvalue weighted by Gasteiger charge is -2.11. The Morgan fingerprint density at radius 3 is 3.00 bits per heavy atom. The normalized spacial score (nSPS) is 23.7. The number of hydrogen-bond donors (Lipinski definition) is 0. The summed E-state index contributed by atoms with van der Waals surface area (Å²) in [7, 11) is 0. The number of aromatic nitrogens is 2. The maximum absolute atomic E-state index is 4.86. The zero-order valence-electron chi connectivity index (χ0n) is 9.62. The van der Waals surface area contributed by atoms with Gasteiger partial charge in [0, 0.05) is 22.2 Å². The van der Waals surface area contributed by atoms with Gasteiger partial charge in [0.2, 0.25) is 0 Å². The van der Waals surface area contributed by atoms with Crippen molar-refractivity contribution in [3.8, 4) is 0 Å². The van der Waals surface area contributed by atoms with Gasteiger partial charge in [0.05, 0.1) is 5.69 Å². The van der Waals surface area contributed by atoms with E-state index >= 15 is 0 Å². The second-order valence-corrected chi connectivity index (χ2v) is 6.24. The molecule has 2 heterocycles. The van der Waals surface area contributed by atoms with E-state index in [0.29, 0.717) is 5.92 Å². The predicted octanol–water partition coefficient (Wildman–Crippen LogP) is 3.32. The summed E-state index contributed by atoms with van der Waals surface area (Å²) in [4.78, 5) is 7.74. The predicted molar refractivity (Wildman–Crippen MR) is 66.4 cm³/mol. The van der Waals surface area contributed by atoms with Crippen LogP contribution in [0.15, 0.2) is 0 Å². The van der Waals surface area contributed by atoms with Gasteiger partial charge in [-0.25, -0.2) is 4.98 Å². The summed E-state index contributed by atoms with van der Waals surface area (Å²) in [6, 6.07) is 0. The number of aryl methyl sites for hydroxylation is 3. The summed E-state index contributed by atoms with van der Waals surface area (Å²) >= 11 is 1.94. The number of thiazole rings is 1. The smallest absolute Gasteiger partial charge is 0.194 e. The lowest BCUT2D eigenvalue weighted by Crippen LogP contribution is -2.04. The van der Waals surface area contributed by atoms with E-state index in [-0.39, 0.29) is 0 Å².